The van der Waals surface area contributed by atoms with Crippen LogP contribution >= 0.6 is 11.6 Å². The highest BCUT2D eigenvalue weighted by Gasteiger charge is 2.29. The molecule has 1 aliphatic heterocycles. The number of ketones is 1. The molecule has 2 amide bonds. The van der Waals surface area contributed by atoms with Gasteiger partial charge in [-0.1, -0.05) is 41.9 Å². The van der Waals surface area contributed by atoms with Crippen molar-refractivity contribution < 1.29 is 14.3 Å². The van der Waals surface area contributed by atoms with Gasteiger partial charge in [-0.25, -0.2) is 4.79 Å². The minimum Gasteiger partial charge on any atom is -0.497 e. The number of carbonyl (C=O) groups is 2. The van der Waals surface area contributed by atoms with Crippen LogP contribution in [0.4, 0.5) is 10.5 Å². The largest absolute Gasteiger partial charge is 0.497 e. The number of fused-ring (bicyclic) bond motifs is 1. The molecule has 5 nitrogen and oxygen atoms in total. The number of likely N-dealkylation sites (tertiary alicyclic amines) is 1. The molecule has 1 unspecified atom stereocenters. The Bertz CT molecular complexity index is 1120. The van der Waals surface area contributed by atoms with Gasteiger partial charge in [0.15, 0.2) is 5.78 Å². The van der Waals surface area contributed by atoms with E-state index in [-0.39, 0.29) is 17.7 Å². The van der Waals surface area contributed by atoms with Gasteiger partial charge in [0.1, 0.15) is 5.75 Å². The number of rotatable bonds is 4. The van der Waals surface area contributed by atoms with Crippen molar-refractivity contribution in [1.82, 2.24) is 4.90 Å². The van der Waals surface area contributed by atoms with Crippen LogP contribution in [0.3, 0.4) is 0 Å². The van der Waals surface area contributed by atoms with Crippen LogP contribution in [0, 0.1) is 12.8 Å². The van der Waals surface area contributed by atoms with Crippen molar-refractivity contribution >= 4 is 39.9 Å². The van der Waals surface area contributed by atoms with Crippen molar-refractivity contribution in [3.63, 3.8) is 0 Å². The summed E-state index contributed by atoms with van der Waals surface area (Å²) in [5, 5.41) is 5.44. The molecule has 0 radical (unpaired) electrons. The first-order chi connectivity index (χ1) is 15.0. The lowest BCUT2D eigenvalue weighted by Gasteiger charge is -2.32. The number of hydrogen-bond donors (Lipinski definition) is 1. The van der Waals surface area contributed by atoms with Gasteiger partial charge in [0.05, 0.1) is 17.8 Å². The number of carbonyl (C=O) groups excluding carboxylic acids is 2. The number of halogens is 1. The van der Waals surface area contributed by atoms with Crippen LogP contribution in [0.5, 0.6) is 5.75 Å². The molecule has 1 heterocycles. The Morgan fingerprint density at radius 2 is 1.87 bits per heavy atom. The third-order valence-corrected chi connectivity index (χ3v) is 6.18. The lowest BCUT2D eigenvalue weighted by Crippen LogP contribution is -2.44. The number of ether oxygens (including phenoxy) is 1. The molecule has 31 heavy (non-hydrogen) atoms. The summed E-state index contributed by atoms with van der Waals surface area (Å²) in [6.07, 6.45) is 1.56. The summed E-state index contributed by atoms with van der Waals surface area (Å²) in [4.78, 5) is 27.8. The van der Waals surface area contributed by atoms with Crippen LogP contribution < -0.4 is 10.1 Å². The van der Waals surface area contributed by atoms with E-state index < -0.39 is 0 Å². The Kier molecular flexibility index (Phi) is 6.14. The van der Waals surface area contributed by atoms with Crippen molar-refractivity contribution in [3.8, 4) is 5.75 Å². The lowest BCUT2D eigenvalue weighted by atomic mass is 9.89. The molecular formula is C25H25ClN2O3. The van der Waals surface area contributed by atoms with E-state index in [0.29, 0.717) is 29.4 Å². The molecule has 0 saturated carbocycles. The summed E-state index contributed by atoms with van der Waals surface area (Å²) in [7, 11) is 1.64. The Balaban J connectivity index is 1.48. The first-order valence-electron chi connectivity index (χ1n) is 10.4. The molecule has 1 aliphatic rings. The van der Waals surface area contributed by atoms with E-state index in [1.807, 2.05) is 55.5 Å². The van der Waals surface area contributed by atoms with Gasteiger partial charge in [0.2, 0.25) is 0 Å². The smallest absolute Gasteiger partial charge is 0.321 e. The SMILES string of the molecule is COc1ccc2cc(C(=O)C3CCCN(C(=O)Nc4c(C)cccc4Cl)C3)ccc2c1. The number of nitrogens with one attached hydrogen (secondary N) is 1. The molecule has 1 fully saturated rings. The number of aryl methyl sites for hydroxylation is 1. The first kappa shape index (κ1) is 21.2. The lowest BCUT2D eigenvalue weighted by molar-refractivity contribution is 0.0851. The summed E-state index contributed by atoms with van der Waals surface area (Å²) in [5.74, 6) is 0.640. The number of amides is 2. The zero-order valence-corrected chi connectivity index (χ0v) is 18.4. The Morgan fingerprint density at radius 3 is 2.65 bits per heavy atom. The maximum absolute atomic E-state index is 13.2. The van der Waals surface area contributed by atoms with E-state index >= 15 is 0 Å². The fourth-order valence-corrected chi connectivity index (χ4v) is 4.36. The maximum atomic E-state index is 13.2. The number of benzene rings is 3. The van der Waals surface area contributed by atoms with E-state index in [1.54, 1.807) is 18.1 Å². The molecule has 1 atom stereocenters. The van der Waals surface area contributed by atoms with Gasteiger partial charge in [0, 0.05) is 24.6 Å². The minimum absolute atomic E-state index is 0.0733. The number of urea groups is 1. The van der Waals surface area contributed by atoms with Crippen LogP contribution in [-0.2, 0) is 0 Å². The highest BCUT2D eigenvalue weighted by molar-refractivity contribution is 6.33. The second-order valence-electron chi connectivity index (χ2n) is 7.94. The number of nitrogens with zero attached hydrogens (tertiary/aromatic N) is 1. The average molecular weight is 437 g/mol. The summed E-state index contributed by atoms with van der Waals surface area (Å²) < 4.78 is 5.27. The standard InChI is InChI=1S/C25H25ClN2O3/c1-16-5-3-7-22(26)23(16)27-25(30)28-12-4-6-20(15-28)24(29)19-9-8-18-14-21(31-2)11-10-17(18)13-19/h3,5,7-11,13-14,20H,4,6,12,15H2,1-2H3,(H,27,30). The second kappa shape index (κ2) is 8.98. The van der Waals surface area contributed by atoms with Crippen LogP contribution in [0.1, 0.15) is 28.8 Å². The van der Waals surface area contributed by atoms with Gasteiger partial charge in [0.25, 0.3) is 0 Å². The van der Waals surface area contributed by atoms with Crippen molar-refractivity contribution in [2.45, 2.75) is 19.8 Å². The zero-order chi connectivity index (χ0) is 22.0. The van der Waals surface area contributed by atoms with Gasteiger partial charge in [-0.2, -0.15) is 0 Å². The Morgan fingerprint density at radius 1 is 1.10 bits per heavy atom. The van der Waals surface area contributed by atoms with Crippen LogP contribution in [0.2, 0.25) is 5.02 Å². The molecule has 1 saturated heterocycles. The first-order valence-corrected chi connectivity index (χ1v) is 10.8. The third-order valence-electron chi connectivity index (χ3n) is 5.87. The number of anilines is 1. The molecule has 6 heteroatoms. The van der Waals surface area contributed by atoms with E-state index in [4.69, 9.17) is 16.3 Å². The molecule has 0 aromatic heterocycles. The van der Waals surface area contributed by atoms with Gasteiger partial charge in [-0.05, 0) is 60.4 Å². The number of piperidine rings is 1. The minimum atomic E-state index is -0.223. The number of para-hydroxylation sites is 1. The molecule has 4 rings (SSSR count). The molecule has 1 N–H and O–H groups in total. The summed E-state index contributed by atoms with van der Waals surface area (Å²) >= 11 is 6.24. The number of methoxy groups -OCH3 is 1. The number of Topliss-reactive ketones (excluding diaryl/α,β-unsaturated/α-hetero) is 1. The van der Waals surface area contributed by atoms with Gasteiger partial charge in [-0.3, -0.25) is 4.79 Å². The second-order valence-corrected chi connectivity index (χ2v) is 8.35. The fourth-order valence-electron chi connectivity index (χ4n) is 4.09. The Hall–Kier alpha value is -3.05. The normalized spacial score (nSPS) is 16.2. The molecule has 160 valence electrons. The maximum Gasteiger partial charge on any atom is 0.321 e. The topological polar surface area (TPSA) is 58.6 Å². The van der Waals surface area contributed by atoms with Crippen molar-refractivity contribution in [2.75, 3.05) is 25.5 Å². The van der Waals surface area contributed by atoms with E-state index in [2.05, 4.69) is 5.32 Å². The highest BCUT2D eigenvalue weighted by atomic mass is 35.5. The van der Waals surface area contributed by atoms with Crippen molar-refractivity contribution in [2.24, 2.45) is 5.92 Å². The van der Waals surface area contributed by atoms with Crippen LogP contribution in [0.15, 0.2) is 54.6 Å². The summed E-state index contributed by atoms with van der Waals surface area (Å²) in [6.45, 7) is 2.92. The Labute approximate surface area is 186 Å². The fraction of sp³-hybridized carbons (Fsp3) is 0.280. The predicted molar refractivity (Wildman–Crippen MR) is 124 cm³/mol. The van der Waals surface area contributed by atoms with Crippen LogP contribution in [-0.4, -0.2) is 36.9 Å². The zero-order valence-electron chi connectivity index (χ0n) is 17.7. The molecule has 0 bridgehead atoms. The van der Waals surface area contributed by atoms with Crippen molar-refractivity contribution in [1.29, 1.82) is 0 Å². The van der Waals surface area contributed by atoms with E-state index in [9.17, 15) is 9.59 Å². The highest BCUT2D eigenvalue weighted by Crippen LogP contribution is 2.28. The summed E-state index contributed by atoms with van der Waals surface area (Å²) in [6, 6.07) is 16.8. The quantitative estimate of drug-likeness (QED) is 0.515. The monoisotopic (exact) mass is 436 g/mol. The molecule has 0 aliphatic carbocycles. The predicted octanol–water partition coefficient (Wildman–Crippen LogP) is 5.94. The van der Waals surface area contributed by atoms with Crippen molar-refractivity contribution in [3.05, 3.63) is 70.7 Å². The molecule has 3 aromatic carbocycles. The number of hydrogen-bond acceptors (Lipinski definition) is 3. The van der Waals surface area contributed by atoms with E-state index in [1.165, 1.54) is 0 Å². The van der Waals surface area contributed by atoms with Gasteiger partial charge in [-0.15, -0.1) is 0 Å². The van der Waals surface area contributed by atoms with Gasteiger partial charge < -0.3 is 15.0 Å². The molecule has 3 aromatic rings. The van der Waals surface area contributed by atoms with Crippen LogP contribution in [0.25, 0.3) is 10.8 Å². The molecular weight excluding hydrogens is 412 g/mol. The van der Waals surface area contributed by atoms with E-state index in [0.717, 1.165) is 34.9 Å². The van der Waals surface area contributed by atoms with Gasteiger partial charge >= 0.3 is 6.03 Å². The molecule has 0 spiro atoms. The summed E-state index contributed by atoms with van der Waals surface area (Å²) in [5.41, 5.74) is 2.19. The third kappa shape index (κ3) is 4.52. The average Bonchev–Trinajstić information content (AvgIpc) is 2.80.